The number of carboxylic acid groups (broad SMARTS) is 1. The molecule has 0 atom stereocenters. The third kappa shape index (κ3) is 5.78. The maximum Gasteiger partial charge on any atom is 0.307 e. The van der Waals surface area contributed by atoms with E-state index in [1.54, 1.807) is 0 Å². The topological polar surface area (TPSA) is 78.1 Å². The Balaban J connectivity index is 1.41. The van der Waals surface area contributed by atoms with Crippen LogP contribution in [0.2, 0.25) is 0 Å². The Hall–Kier alpha value is -3.21. The molecule has 0 amide bonds. The van der Waals surface area contributed by atoms with Gasteiger partial charge in [-0.3, -0.25) is 4.79 Å². The van der Waals surface area contributed by atoms with Gasteiger partial charge in [0.05, 0.1) is 13.0 Å². The number of hydrogen-bond acceptors (Lipinski definition) is 2. The summed E-state index contributed by atoms with van der Waals surface area (Å²) in [6, 6.07) is 14.5. The molecule has 2 heterocycles. The van der Waals surface area contributed by atoms with E-state index in [1.165, 1.54) is 24.8 Å². The summed E-state index contributed by atoms with van der Waals surface area (Å²) in [6.07, 6.45) is 7.53. The maximum absolute atomic E-state index is 11.0. The van der Waals surface area contributed by atoms with Crippen molar-refractivity contribution in [1.29, 1.82) is 0 Å². The number of carboxylic acids is 1. The standard InChI is InChI=1S/C28H34N2O3/c1-4-5-11-28(2,3)17-20-7-9-25-23(14-20)26(18-29-25)33-12-10-22-16-21-13-19(15-27(31)32)6-8-24(21)30-22/h6-9,13-14,16,18,29-30H,4-5,10-12,15,17H2,1-3H3,(H,31,32). The van der Waals surface area contributed by atoms with Gasteiger partial charge in [0.2, 0.25) is 0 Å². The second-order valence-corrected chi connectivity index (χ2v) is 9.86. The van der Waals surface area contributed by atoms with Crippen LogP contribution in [0.4, 0.5) is 0 Å². The zero-order valence-electron chi connectivity index (χ0n) is 19.8. The van der Waals surface area contributed by atoms with Crippen molar-refractivity contribution in [2.45, 2.75) is 59.3 Å². The highest BCUT2D eigenvalue weighted by Crippen LogP contribution is 2.32. The molecule has 0 saturated carbocycles. The quantitative estimate of drug-likeness (QED) is 0.241. The Morgan fingerprint density at radius 1 is 1.06 bits per heavy atom. The zero-order valence-corrected chi connectivity index (χ0v) is 19.8. The van der Waals surface area contributed by atoms with Crippen molar-refractivity contribution < 1.29 is 14.6 Å². The lowest BCUT2D eigenvalue weighted by Gasteiger charge is -2.24. The summed E-state index contributed by atoms with van der Waals surface area (Å²) < 4.78 is 6.16. The molecule has 174 valence electrons. The number of unbranched alkanes of at least 4 members (excludes halogenated alkanes) is 1. The van der Waals surface area contributed by atoms with Crippen LogP contribution in [0.15, 0.2) is 48.7 Å². The second-order valence-electron chi connectivity index (χ2n) is 9.86. The van der Waals surface area contributed by atoms with Gasteiger partial charge >= 0.3 is 5.97 Å². The summed E-state index contributed by atoms with van der Waals surface area (Å²) in [7, 11) is 0. The minimum Gasteiger partial charge on any atom is -0.491 e. The molecule has 33 heavy (non-hydrogen) atoms. The normalized spacial score (nSPS) is 12.0. The van der Waals surface area contributed by atoms with Crippen LogP contribution in [0.1, 0.15) is 56.9 Å². The first-order valence-electron chi connectivity index (χ1n) is 11.9. The summed E-state index contributed by atoms with van der Waals surface area (Å²) >= 11 is 0. The fourth-order valence-electron chi connectivity index (χ4n) is 4.60. The lowest BCUT2D eigenvalue weighted by molar-refractivity contribution is -0.136. The number of hydrogen-bond donors (Lipinski definition) is 3. The van der Waals surface area contributed by atoms with Crippen LogP contribution in [0.3, 0.4) is 0 Å². The Morgan fingerprint density at radius 2 is 1.85 bits per heavy atom. The fourth-order valence-corrected chi connectivity index (χ4v) is 4.60. The van der Waals surface area contributed by atoms with E-state index in [4.69, 9.17) is 9.84 Å². The first-order valence-corrected chi connectivity index (χ1v) is 11.9. The molecule has 3 N–H and O–H groups in total. The Morgan fingerprint density at radius 3 is 2.64 bits per heavy atom. The molecule has 0 saturated heterocycles. The lowest BCUT2D eigenvalue weighted by Crippen LogP contribution is -2.14. The summed E-state index contributed by atoms with van der Waals surface area (Å²) in [5.74, 6) is 0.0722. The van der Waals surface area contributed by atoms with E-state index in [1.807, 2.05) is 24.4 Å². The van der Waals surface area contributed by atoms with E-state index in [0.717, 1.165) is 51.7 Å². The lowest BCUT2D eigenvalue weighted by atomic mass is 9.81. The van der Waals surface area contributed by atoms with Crippen LogP contribution >= 0.6 is 0 Å². The Bertz CT molecular complexity index is 1250. The number of nitrogens with one attached hydrogen (secondary N) is 2. The molecule has 4 aromatic rings. The molecule has 5 heteroatoms. The summed E-state index contributed by atoms with van der Waals surface area (Å²) in [6.45, 7) is 7.52. The SMILES string of the molecule is CCCCC(C)(C)Cc1ccc2[nH]cc(OCCc3cc4cc(CC(=O)O)ccc4[nH]3)c2c1. The van der Waals surface area contributed by atoms with Gasteiger partial charge in [-0.15, -0.1) is 0 Å². The van der Waals surface area contributed by atoms with Gasteiger partial charge in [0.15, 0.2) is 0 Å². The fraction of sp³-hybridized carbons (Fsp3) is 0.393. The van der Waals surface area contributed by atoms with E-state index in [2.05, 4.69) is 55.0 Å². The zero-order chi connectivity index (χ0) is 23.4. The van der Waals surface area contributed by atoms with Crippen LogP contribution in [0, 0.1) is 5.41 Å². The van der Waals surface area contributed by atoms with Crippen molar-refractivity contribution >= 4 is 27.8 Å². The van der Waals surface area contributed by atoms with Crippen molar-refractivity contribution in [2.24, 2.45) is 5.41 Å². The predicted octanol–water partition coefficient (Wildman–Crippen LogP) is 6.66. The van der Waals surface area contributed by atoms with Crippen LogP contribution in [-0.4, -0.2) is 27.7 Å². The number of fused-ring (bicyclic) bond motifs is 2. The van der Waals surface area contributed by atoms with Gasteiger partial charge in [0.1, 0.15) is 5.75 Å². The van der Waals surface area contributed by atoms with Crippen molar-refractivity contribution in [3.63, 3.8) is 0 Å². The molecule has 2 aromatic carbocycles. The molecule has 5 nitrogen and oxygen atoms in total. The highest BCUT2D eigenvalue weighted by atomic mass is 16.5. The van der Waals surface area contributed by atoms with E-state index in [-0.39, 0.29) is 6.42 Å². The molecule has 0 aliphatic rings. The number of benzene rings is 2. The highest BCUT2D eigenvalue weighted by molar-refractivity contribution is 5.87. The molecule has 0 aliphatic carbocycles. The third-order valence-electron chi connectivity index (χ3n) is 6.32. The molecule has 4 rings (SSSR count). The van der Waals surface area contributed by atoms with Crippen molar-refractivity contribution in [2.75, 3.05) is 6.61 Å². The molecular formula is C28H34N2O3. The third-order valence-corrected chi connectivity index (χ3v) is 6.32. The number of rotatable bonds is 11. The van der Waals surface area contributed by atoms with Gasteiger partial charge in [0, 0.05) is 34.7 Å². The van der Waals surface area contributed by atoms with Crippen molar-refractivity contribution in [1.82, 2.24) is 9.97 Å². The Kier molecular flexibility index (Phi) is 6.77. The number of aromatic amines is 2. The molecule has 0 radical (unpaired) electrons. The number of aromatic nitrogens is 2. The monoisotopic (exact) mass is 446 g/mol. The molecule has 0 unspecified atom stereocenters. The Labute approximate surface area is 195 Å². The smallest absolute Gasteiger partial charge is 0.307 e. The minimum atomic E-state index is -0.815. The van der Waals surface area contributed by atoms with E-state index in [0.29, 0.717) is 12.0 Å². The number of carbonyl (C=O) groups is 1. The molecule has 0 aliphatic heterocycles. The molecule has 0 spiro atoms. The average molecular weight is 447 g/mol. The number of ether oxygens (including phenoxy) is 1. The molecule has 0 bridgehead atoms. The van der Waals surface area contributed by atoms with Gasteiger partial charge in [0.25, 0.3) is 0 Å². The first kappa shape index (κ1) is 23.0. The van der Waals surface area contributed by atoms with E-state index < -0.39 is 5.97 Å². The van der Waals surface area contributed by atoms with Crippen LogP contribution in [0.5, 0.6) is 5.75 Å². The van der Waals surface area contributed by atoms with E-state index >= 15 is 0 Å². The molecule has 0 fully saturated rings. The van der Waals surface area contributed by atoms with Gasteiger partial charge in [-0.05, 0) is 65.1 Å². The maximum atomic E-state index is 11.0. The predicted molar refractivity (Wildman–Crippen MR) is 134 cm³/mol. The van der Waals surface area contributed by atoms with Crippen LogP contribution in [-0.2, 0) is 24.1 Å². The second kappa shape index (κ2) is 9.74. The van der Waals surface area contributed by atoms with Crippen molar-refractivity contribution in [3.05, 3.63) is 65.5 Å². The number of aliphatic carboxylic acids is 1. The summed E-state index contributed by atoms with van der Waals surface area (Å²) in [4.78, 5) is 17.7. The largest absolute Gasteiger partial charge is 0.491 e. The van der Waals surface area contributed by atoms with Gasteiger partial charge in [-0.1, -0.05) is 45.7 Å². The summed E-state index contributed by atoms with van der Waals surface area (Å²) in [5, 5.41) is 11.2. The van der Waals surface area contributed by atoms with Gasteiger partial charge < -0.3 is 19.8 Å². The van der Waals surface area contributed by atoms with E-state index in [9.17, 15) is 4.79 Å². The van der Waals surface area contributed by atoms with Crippen LogP contribution < -0.4 is 4.74 Å². The molecule has 2 aromatic heterocycles. The summed E-state index contributed by atoms with van der Waals surface area (Å²) in [5.41, 5.74) is 5.64. The minimum absolute atomic E-state index is 0.0396. The van der Waals surface area contributed by atoms with Crippen LogP contribution in [0.25, 0.3) is 21.8 Å². The van der Waals surface area contributed by atoms with Gasteiger partial charge in [-0.25, -0.2) is 0 Å². The van der Waals surface area contributed by atoms with Gasteiger partial charge in [-0.2, -0.15) is 0 Å². The molecular weight excluding hydrogens is 412 g/mol. The van der Waals surface area contributed by atoms with Crippen molar-refractivity contribution in [3.8, 4) is 5.75 Å². The number of H-pyrrole nitrogens is 2. The first-order chi connectivity index (χ1) is 15.8. The average Bonchev–Trinajstić information content (AvgIpc) is 3.35. The highest BCUT2D eigenvalue weighted by Gasteiger charge is 2.18.